The number of amides is 1. The lowest BCUT2D eigenvalue weighted by atomic mass is 10.2. The molecule has 0 radical (unpaired) electrons. The quantitative estimate of drug-likeness (QED) is 0.418. The summed E-state index contributed by atoms with van der Waals surface area (Å²) in [6.07, 6.45) is 4.85. The van der Waals surface area contributed by atoms with Crippen LogP contribution in [0.2, 0.25) is 0 Å². The van der Waals surface area contributed by atoms with Crippen molar-refractivity contribution in [2.24, 2.45) is 0 Å². The van der Waals surface area contributed by atoms with Crippen molar-refractivity contribution in [3.8, 4) is 0 Å². The summed E-state index contributed by atoms with van der Waals surface area (Å²) in [6, 6.07) is 13.1. The third kappa shape index (κ3) is 5.02. The Morgan fingerprint density at radius 2 is 1.82 bits per heavy atom. The van der Waals surface area contributed by atoms with Gasteiger partial charge in [-0.25, -0.2) is 4.79 Å². The molecule has 0 saturated heterocycles. The average molecular weight is 450 g/mol. The lowest BCUT2D eigenvalue weighted by Gasteiger charge is -2.15. The normalized spacial score (nSPS) is 13.9. The van der Waals surface area contributed by atoms with E-state index in [1.54, 1.807) is 36.4 Å². The van der Waals surface area contributed by atoms with Gasteiger partial charge in [-0.3, -0.25) is 28.8 Å². The number of nitro groups is 1. The number of benzene rings is 2. The van der Waals surface area contributed by atoms with Gasteiger partial charge in [0.1, 0.15) is 0 Å². The maximum Gasteiger partial charge on any atom is 0.331 e. The Labute approximate surface area is 189 Å². The lowest BCUT2D eigenvalue weighted by Crippen LogP contribution is -2.40. The Morgan fingerprint density at radius 3 is 2.58 bits per heavy atom. The molecule has 1 aliphatic carbocycles. The van der Waals surface area contributed by atoms with E-state index in [0.29, 0.717) is 22.9 Å². The molecule has 0 aliphatic heterocycles. The van der Waals surface area contributed by atoms with E-state index in [4.69, 9.17) is 0 Å². The van der Waals surface area contributed by atoms with Gasteiger partial charge in [0.15, 0.2) is 0 Å². The summed E-state index contributed by atoms with van der Waals surface area (Å²) in [5.41, 5.74) is 0.0850. The molecule has 33 heavy (non-hydrogen) atoms. The number of aromatic nitrogens is 2. The second-order valence-corrected chi connectivity index (χ2v) is 8.42. The zero-order chi connectivity index (χ0) is 23.4. The number of para-hydroxylation sites is 1. The maximum absolute atomic E-state index is 13.3. The number of nitrogens with zero attached hydrogens (tertiary/aromatic N) is 3. The fourth-order valence-corrected chi connectivity index (χ4v) is 4.44. The molecule has 3 aromatic rings. The number of rotatable bonds is 8. The summed E-state index contributed by atoms with van der Waals surface area (Å²) < 4.78 is 2.61. The van der Waals surface area contributed by atoms with E-state index in [2.05, 4.69) is 5.32 Å². The number of non-ortho nitro benzene ring substituents is 1. The van der Waals surface area contributed by atoms with Gasteiger partial charge in [-0.05, 0) is 37.0 Å². The van der Waals surface area contributed by atoms with Crippen LogP contribution >= 0.6 is 0 Å². The topological polar surface area (TPSA) is 116 Å². The first kappa shape index (κ1) is 22.4. The Kier molecular flexibility index (Phi) is 6.67. The zero-order valence-electron chi connectivity index (χ0n) is 18.2. The van der Waals surface area contributed by atoms with Gasteiger partial charge in [-0.2, -0.15) is 0 Å². The van der Waals surface area contributed by atoms with Gasteiger partial charge in [-0.15, -0.1) is 0 Å². The molecule has 2 aromatic carbocycles. The monoisotopic (exact) mass is 450 g/mol. The van der Waals surface area contributed by atoms with Crippen LogP contribution in [0.3, 0.4) is 0 Å². The third-order valence-corrected chi connectivity index (χ3v) is 6.10. The number of nitrogens with one attached hydrogen (secondary N) is 1. The predicted molar refractivity (Wildman–Crippen MR) is 124 cm³/mol. The zero-order valence-corrected chi connectivity index (χ0v) is 18.2. The number of fused-ring (bicyclic) bond motifs is 1. The molecular weight excluding hydrogens is 424 g/mol. The SMILES string of the molecule is O=C(CCCn1c(=O)c2ccccc2n(Cc2cccc([N+](=O)[O-])c2)c1=O)NC1CCCC1. The highest BCUT2D eigenvalue weighted by Gasteiger charge is 2.18. The fourth-order valence-electron chi connectivity index (χ4n) is 4.44. The molecule has 1 N–H and O–H groups in total. The molecule has 9 nitrogen and oxygen atoms in total. The minimum Gasteiger partial charge on any atom is -0.353 e. The summed E-state index contributed by atoms with van der Waals surface area (Å²) in [5.74, 6) is -0.0624. The molecule has 0 bridgehead atoms. The summed E-state index contributed by atoms with van der Waals surface area (Å²) in [5, 5.41) is 14.5. The molecule has 0 spiro atoms. The molecule has 1 heterocycles. The van der Waals surface area contributed by atoms with E-state index >= 15 is 0 Å². The standard InChI is InChI=1S/C24H26N4O5/c29-22(25-18-8-1-2-9-18)13-6-14-26-23(30)20-11-3-4-12-21(20)27(24(26)31)16-17-7-5-10-19(15-17)28(32)33/h3-5,7,10-12,15,18H,1-2,6,8-9,13-14,16H2,(H,25,29). The van der Waals surface area contributed by atoms with E-state index in [0.717, 1.165) is 30.3 Å². The van der Waals surface area contributed by atoms with Crippen LogP contribution in [0.25, 0.3) is 10.9 Å². The van der Waals surface area contributed by atoms with Gasteiger partial charge in [0.05, 0.1) is 22.4 Å². The number of nitro benzene ring substituents is 1. The van der Waals surface area contributed by atoms with Crippen molar-refractivity contribution in [1.29, 1.82) is 0 Å². The van der Waals surface area contributed by atoms with Crippen LogP contribution in [0.1, 0.15) is 44.1 Å². The molecular formula is C24H26N4O5. The highest BCUT2D eigenvalue weighted by Crippen LogP contribution is 2.18. The first-order valence-electron chi connectivity index (χ1n) is 11.2. The largest absolute Gasteiger partial charge is 0.353 e. The number of hydrogen-bond donors (Lipinski definition) is 1. The lowest BCUT2D eigenvalue weighted by molar-refractivity contribution is -0.384. The van der Waals surface area contributed by atoms with Gasteiger partial charge in [0.25, 0.3) is 11.2 Å². The van der Waals surface area contributed by atoms with Gasteiger partial charge >= 0.3 is 5.69 Å². The van der Waals surface area contributed by atoms with Crippen molar-refractivity contribution in [3.05, 3.63) is 85.0 Å². The van der Waals surface area contributed by atoms with Gasteiger partial charge in [0.2, 0.25) is 5.91 Å². The smallest absolute Gasteiger partial charge is 0.331 e. The van der Waals surface area contributed by atoms with Crippen LogP contribution in [0.4, 0.5) is 5.69 Å². The fraction of sp³-hybridized carbons (Fsp3) is 0.375. The molecule has 1 saturated carbocycles. The minimum absolute atomic E-state index is 0.0624. The van der Waals surface area contributed by atoms with E-state index in [9.17, 15) is 24.5 Å². The van der Waals surface area contributed by atoms with Crippen molar-refractivity contribution in [3.63, 3.8) is 0 Å². The summed E-state index contributed by atoms with van der Waals surface area (Å²) >= 11 is 0. The molecule has 4 rings (SSSR count). The molecule has 172 valence electrons. The number of carbonyl (C=O) groups is 1. The summed E-state index contributed by atoms with van der Waals surface area (Å²) in [6.45, 7) is 0.207. The van der Waals surface area contributed by atoms with Crippen LogP contribution in [0.5, 0.6) is 0 Å². The van der Waals surface area contributed by atoms with Crippen LogP contribution in [-0.2, 0) is 17.9 Å². The molecule has 0 unspecified atom stereocenters. The molecule has 0 atom stereocenters. The predicted octanol–water partition coefficient (Wildman–Crippen LogP) is 2.96. The Hall–Kier alpha value is -3.75. The number of hydrogen-bond acceptors (Lipinski definition) is 5. The second kappa shape index (κ2) is 9.81. The first-order chi connectivity index (χ1) is 15.9. The summed E-state index contributed by atoms with van der Waals surface area (Å²) in [7, 11) is 0. The average Bonchev–Trinajstić information content (AvgIpc) is 3.32. The van der Waals surface area contributed by atoms with Crippen LogP contribution in [0, 0.1) is 10.1 Å². The Morgan fingerprint density at radius 1 is 1.06 bits per heavy atom. The van der Waals surface area contributed by atoms with Crippen LogP contribution in [0.15, 0.2) is 58.1 Å². The first-order valence-corrected chi connectivity index (χ1v) is 11.2. The van der Waals surface area contributed by atoms with Crippen molar-refractivity contribution in [2.75, 3.05) is 0 Å². The third-order valence-electron chi connectivity index (χ3n) is 6.10. The maximum atomic E-state index is 13.3. The highest BCUT2D eigenvalue weighted by atomic mass is 16.6. The van der Waals surface area contributed by atoms with E-state index in [1.165, 1.54) is 16.7 Å². The molecule has 1 fully saturated rings. The molecule has 9 heteroatoms. The Balaban J connectivity index is 1.60. The van der Waals surface area contributed by atoms with Crippen molar-refractivity contribution in [1.82, 2.24) is 14.5 Å². The van der Waals surface area contributed by atoms with Gasteiger partial charge in [-0.1, -0.05) is 37.1 Å². The molecule has 1 aromatic heterocycles. The van der Waals surface area contributed by atoms with E-state index < -0.39 is 16.2 Å². The highest BCUT2D eigenvalue weighted by molar-refractivity contribution is 5.78. The number of carbonyl (C=O) groups excluding carboxylic acids is 1. The van der Waals surface area contributed by atoms with Gasteiger partial charge in [0, 0.05) is 31.1 Å². The van der Waals surface area contributed by atoms with Crippen LogP contribution in [-0.4, -0.2) is 26.0 Å². The Bertz CT molecular complexity index is 1300. The van der Waals surface area contributed by atoms with E-state index in [1.807, 2.05) is 0 Å². The van der Waals surface area contributed by atoms with Crippen LogP contribution < -0.4 is 16.6 Å². The van der Waals surface area contributed by atoms with Crippen molar-refractivity contribution >= 4 is 22.5 Å². The summed E-state index contributed by atoms with van der Waals surface area (Å²) in [4.78, 5) is 49.2. The minimum atomic E-state index is -0.499. The molecule has 1 amide bonds. The molecule has 1 aliphatic rings. The second-order valence-electron chi connectivity index (χ2n) is 8.42. The van der Waals surface area contributed by atoms with Crippen molar-refractivity contribution in [2.45, 2.75) is 57.7 Å². The van der Waals surface area contributed by atoms with Crippen molar-refractivity contribution < 1.29 is 9.72 Å². The van der Waals surface area contributed by atoms with E-state index in [-0.39, 0.29) is 37.1 Å². The van der Waals surface area contributed by atoms with Gasteiger partial charge < -0.3 is 5.32 Å².